The van der Waals surface area contributed by atoms with Crippen LogP contribution in [0.5, 0.6) is 0 Å². The van der Waals surface area contributed by atoms with Crippen molar-refractivity contribution >= 4 is 17.7 Å². The zero-order valence-electron chi connectivity index (χ0n) is 21.7. The van der Waals surface area contributed by atoms with Crippen molar-refractivity contribution in [1.29, 1.82) is 0 Å². The van der Waals surface area contributed by atoms with Gasteiger partial charge in [-0.2, -0.15) is 11.8 Å². The molecule has 0 unspecified atom stereocenters. The van der Waals surface area contributed by atoms with Crippen LogP contribution in [0.3, 0.4) is 0 Å². The van der Waals surface area contributed by atoms with Gasteiger partial charge in [0, 0.05) is 13.1 Å². The summed E-state index contributed by atoms with van der Waals surface area (Å²) in [6, 6.07) is 0. The number of esters is 1. The summed E-state index contributed by atoms with van der Waals surface area (Å²) in [5.41, 5.74) is 0. The van der Waals surface area contributed by atoms with E-state index in [1.807, 2.05) is 6.92 Å². The van der Waals surface area contributed by atoms with E-state index in [-0.39, 0.29) is 5.97 Å². The van der Waals surface area contributed by atoms with Crippen molar-refractivity contribution in [1.82, 2.24) is 19.6 Å². The van der Waals surface area contributed by atoms with Crippen LogP contribution in [0.25, 0.3) is 0 Å². The fourth-order valence-electron chi connectivity index (χ4n) is 3.87. The van der Waals surface area contributed by atoms with Crippen LogP contribution < -0.4 is 0 Å². The number of hydrogen-bond donors (Lipinski definition) is 0. The Hall–Kier alpha value is -0.340. The van der Waals surface area contributed by atoms with Gasteiger partial charge in [-0.05, 0) is 118 Å². The number of ether oxygens (including phenoxy) is 1. The standard InChI is InChI=1S/C25H52N4O2S/c1-5-31-25(30)24-32-23-11-7-6-8-14-26(2)17-12-18-27(3)15-9-10-16-28(4)19-13-20-29-21-22-29/h5-24H2,1-4H3. The molecule has 190 valence electrons. The molecule has 0 bridgehead atoms. The van der Waals surface area contributed by atoms with Crippen LogP contribution in [0.4, 0.5) is 0 Å². The van der Waals surface area contributed by atoms with Crippen molar-refractivity contribution < 1.29 is 9.53 Å². The lowest BCUT2D eigenvalue weighted by Crippen LogP contribution is -2.28. The molecule has 1 fully saturated rings. The van der Waals surface area contributed by atoms with Crippen molar-refractivity contribution in [3.63, 3.8) is 0 Å². The van der Waals surface area contributed by atoms with Gasteiger partial charge in [0.1, 0.15) is 0 Å². The Balaban J connectivity index is 1.82. The van der Waals surface area contributed by atoms with Gasteiger partial charge in [-0.25, -0.2) is 0 Å². The monoisotopic (exact) mass is 472 g/mol. The van der Waals surface area contributed by atoms with E-state index in [2.05, 4.69) is 40.7 Å². The fraction of sp³-hybridized carbons (Fsp3) is 0.960. The molecule has 32 heavy (non-hydrogen) atoms. The first kappa shape index (κ1) is 29.7. The average Bonchev–Trinajstić information content (AvgIpc) is 3.58. The van der Waals surface area contributed by atoms with E-state index in [0.29, 0.717) is 12.4 Å². The molecular formula is C25H52N4O2S. The second-order valence-corrected chi connectivity index (χ2v) is 10.5. The van der Waals surface area contributed by atoms with Crippen molar-refractivity contribution in [2.24, 2.45) is 0 Å². The summed E-state index contributed by atoms with van der Waals surface area (Å²) in [5, 5.41) is 0. The molecule has 1 aliphatic heterocycles. The largest absolute Gasteiger partial charge is 0.465 e. The molecule has 0 amide bonds. The number of hydrogen-bond acceptors (Lipinski definition) is 7. The number of unbranched alkanes of at least 4 members (excludes halogenated alkanes) is 4. The minimum Gasteiger partial charge on any atom is -0.465 e. The highest BCUT2D eigenvalue weighted by Crippen LogP contribution is 2.09. The third-order valence-corrected chi connectivity index (χ3v) is 7.08. The molecule has 1 aliphatic rings. The smallest absolute Gasteiger partial charge is 0.315 e. The van der Waals surface area contributed by atoms with Crippen molar-refractivity contribution in [2.75, 3.05) is 98.2 Å². The molecule has 0 aromatic rings. The van der Waals surface area contributed by atoms with Gasteiger partial charge in [0.25, 0.3) is 0 Å². The third kappa shape index (κ3) is 19.2. The number of nitrogens with zero attached hydrogens (tertiary/aromatic N) is 4. The molecule has 0 saturated carbocycles. The Bertz CT molecular complexity index is 452. The summed E-state index contributed by atoms with van der Waals surface area (Å²) < 4.78 is 4.94. The molecular weight excluding hydrogens is 420 g/mol. The van der Waals surface area contributed by atoms with E-state index < -0.39 is 0 Å². The molecule has 1 saturated heterocycles. The van der Waals surface area contributed by atoms with Crippen LogP contribution in [-0.4, -0.2) is 124 Å². The van der Waals surface area contributed by atoms with Crippen LogP contribution in [0.15, 0.2) is 0 Å². The molecule has 0 aliphatic carbocycles. The summed E-state index contributed by atoms with van der Waals surface area (Å²) in [6.45, 7) is 13.6. The summed E-state index contributed by atoms with van der Waals surface area (Å²) >= 11 is 1.70. The van der Waals surface area contributed by atoms with Crippen LogP contribution in [-0.2, 0) is 9.53 Å². The third-order valence-electron chi connectivity index (χ3n) is 6.07. The van der Waals surface area contributed by atoms with Gasteiger partial charge in [-0.15, -0.1) is 0 Å². The summed E-state index contributed by atoms with van der Waals surface area (Å²) in [7, 11) is 6.80. The summed E-state index contributed by atoms with van der Waals surface area (Å²) in [4.78, 5) is 21.3. The molecule has 1 rings (SSSR count). The second-order valence-electron chi connectivity index (χ2n) is 9.44. The van der Waals surface area contributed by atoms with Gasteiger partial charge < -0.3 is 24.3 Å². The summed E-state index contributed by atoms with van der Waals surface area (Å²) in [5.74, 6) is 1.49. The Labute approximate surface area is 203 Å². The SMILES string of the molecule is CCOC(=O)CSCCCCCCN(C)CCCN(C)CCCCN(C)CCCN1CC1. The topological polar surface area (TPSA) is 39.0 Å². The van der Waals surface area contributed by atoms with Crippen LogP contribution in [0.2, 0.25) is 0 Å². The molecule has 0 aromatic carbocycles. The zero-order valence-corrected chi connectivity index (χ0v) is 22.5. The van der Waals surface area contributed by atoms with E-state index in [1.54, 1.807) is 11.8 Å². The first-order chi connectivity index (χ1) is 15.5. The molecule has 0 radical (unpaired) electrons. The van der Waals surface area contributed by atoms with Gasteiger partial charge in [-0.1, -0.05) is 12.8 Å². The highest BCUT2D eigenvalue weighted by atomic mass is 32.2. The van der Waals surface area contributed by atoms with E-state index in [4.69, 9.17) is 4.74 Å². The van der Waals surface area contributed by atoms with Crippen LogP contribution >= 0.6 is 11.8 Å². The first-order valence-corrected chi connectivity index (χ1v) is 14.2. The highest BCUT2D eigenvalue weighted by Gasteiger charge is 2.15. The number of thioether (sulfide) groups is 1. The van der Waals surface area contributed by atoms with Crippen molar-refractivity contribution in [2.45, 2.75) is 58.3 Å². The van der Waals surface area contributed by atoms with E-state index in [1.165, 1.54) is 110 Å². The lowest BCUT2D eigenvalue weighted by molar-refractivity contribution is -0.139. The molecule has 7 heteroatoms. The minimum absolute atomic E-state index is 0.0783. The van der Waals surface area contributed by atoms with E-state index in [0.717, 1.165) is 5.75 Å². The van der Waals surface area contributed by atoms with Gasteiger partial charge in [0.15, 0.2) is 0 Å². The van der Waals surface area contributed by atoms with Gasteiger partial charge >= 0.3 is 5.97 Å². The minimum atomic E-state index is -0.0783. The van der Waals surface area contributed by atoms with Crippen LogP contribution in [0, 0.1) is 0 Å². The second kappa shape index (κ2) is 20.1. The molecule has 0 spiro atoms. The Morgan fingerprint density at radius 2 is 1.25 bits per heavy atom. The maximum atomic E-state index is 11.3. The number of carbonyl (C=O) groups is 1. The lowest BCUT2D eigenvalue weighted by Gasteiger charge is -2.21. The van der Waals surface area contributed by atoms with Crippen molar-refractivity contribution in [3.05, 3.63) is 0 Å². The number of rotatable bonds is 23. The molecule has 1 heterocycles. The van der Waals surface area contributed by atoms with Crippen molar-refractivity contribution in [3.8, 4) is 0 Å². The molecule has 0 atom stereocenters. The molecule has 0 aromatic heterocycles. The highest BCUT2D eigenvalue weighted by molar-refractivity contribution is 7.99. The molecule has 6 nitrogen and oxygen atoms in total. The number of carbonyl (C=O) groups excluding carboxylic acids is 1. The molecule has 0 N–H and O–H groups in total. The first-order valence-electron chi connectivity index (χ1n) is 13.0. The van der Waals surface area contributed by atoms with E-state index in [9.17, 15) is 4.79 Å². The zero-order chi connectivity index (χ0) is 23.4. The van der Waals surface area contributed by atoms with Gasteiger partial charge in [0.05, 0.1) is 12.4 Å². The van der Waals surface area contributed by atoms with Gasteiger partial charge in [0.2, 0.25) is 0 Å². The maximum absolute atomic E-state index is 11.3. The quantitative estimate of drug-likeness (QED) is 0.128. The Kier molecular flexibility index (Phi) is 18.6. The predicted molar refractivity (Wildman–Crippen MR) is 140 cm³/mol. The average molecular weight is 473 g/mol. The summed E-state index contributed by atoms with van der Waals surface area (Å²) in [6.07, 6.45) is 10.2. The lowest BCUT2D eigenvalue weighted by atomic mass is 10.2. The fourth-order valence-corrected chi connectivity index (χ4v) is 4.67. The Morgan fingerprint density at radius 3 is 1.81 bits per heavy atom. The maximum Gasteiger partial charge on any atom is 0.315 e. The van der Waals surface area contributed by atoms with Gasteiger partial charge in [-0.3, -0.25) is 4.79 Å². The normalized spacial score (nSPS) is 14.1. The van der Waals surface area contributed by atoms with E-state index >= 15 is 0 Å². The van der Waals surface area contributed by atoms with Crippen LogP contribution in [0.1, 0.15) is 58.3 Å². The Morgan fingerprint density at radius 1 is 0.750 bits per heavy atom. The predicted octanol–water partition coefficient (Wildman–Crippen LogP) is 3.51.